The third-order valence-corrected chi connectivity index (χ3v) is 5.01. The lowest BCUT2D eigenvalue weighted by Crippen LogP contribution is -2.08. The zero-order valence-corrected chi connectivity index (χ0v) is 14.7. The molecule has 0 fully saturated rings. The Bertz CT molecular complexity index is 835. The van der Waals surface area contributed by atoms with Crippen LogP contribution in [0, 0.1) is 0 Å². The molecule has 0 unspecified atom stereocenters. The van der Waals surface area contributed by atoms with Crippen molar-refractivity contribution in [1.82, 2.24) is 9.97 Å². The Hall–Kier alpha value is -2.12. The minimum absolute atomic E-state index is 0.202. The van der Waals surface area contributed by atoms with Crippen molar-refractivity contribution in [2.75, 3.05) is 12.4 Å². The number of aromatic nitrogens is 2. The van der Waals surface area contributed by atoms with Crippen molar-refractivity contribution >= 4 is 39.3 Å². The van der Waals surface area contributed by atoms with Gasteiger partial charge >= 0.3 is 5.97 Å². The molecule has 0 atom stereocenters. The first kappa shape index (κ1) is 16.7. The Morgan fingerprint density at radius 2 is 2.12 bits per heavy atom. The number of benzene rings is 1. The highest BCUT2D eigenvalue weighted by Gasteiger charge is 2.11. The van der Waals surface area contributed by atoms with E-state index in [4.69, 9.17) is 9.47 Å². The van der Waals surface area contributed by atoms with Crippen LogP contribution in [0.5, 0.6) is 5.75 Å². The number of carbonyl (C=O) groups is 1. The van der Waals surface area contributed by atoms with Gasteiger partial charge in [-0.15, -0.1) is 11.3 Å². The molecular formula is C17H16N2O3S2. The molecule has 0 radical (unpaired) electrons. The van der Waals surface area contributed by atoms with Crippen LogP contribution >= 0.6 is 23.1 Å². The number of fused-ring (bicyclic) bond motifs is 1. The second-order valence-electron chi connectivity index (χ2n) is 4.81. The summed E-state index contributed by atoms with van der Waals surface area (Å²) >= 11 is 2.92. The maximum atomic E-state index is 12.0. The molecule has 0 saturated heterocycles. The number of hydrogen-bond donors (Lipinski definition) is 0. The van der Waals surface area contributed by atoms with Gasteiger partial charge < -0.3 is 9.47 Å². The maximum absolute atomic E-state index is 12.0. The van der Waals surface area contributed by atoms with Crippen LogP contribution in [0.1, 0.15) is 12.5 Å². The predicted molar refractivity (Wildman–Crippen MR) is 95.5 cm³/mol. The Balaban J connectivity index is 1.56. The predicted octanol–water partition coefficient (Wildman–Crippen LogP) is 3.93. The molecule has 0 saturated carbocycles. The number of thiophene rings is 1. The van der Waals surface area contributed by atoms with E-state index in [1.165, 1.54) is 18.1 Å². The Kier molecular flexibility index (Phi) is 5.66. The molecule has 0 spiro atoms. The number of thioether (sulfide) groups is 1. The standard InChI is InChI=1S/C17H16N2O3S2/c1-2-21-14-6-4-3-5-12(14)9-22-15(20)10-24-17-13-7-8-23-16(13)18-11-19-17/h3-8,11H,2,9-10H2,1H3. The van der Waals surface area contributed by atoms with Gasteiger partial charge in [0.15, 0.2) is 0 Å². The van der Waals surface area contributed by atoms with Crippen molar-refractivity contribution in [2.24, 2.45) is 0 Å². The first-order valence-corrected chi connectivity index (χ1v) is 9.31. The molecule has 0 aliphatic carbocycles. The Morgan fingerprint density at radius 3 is 3.00 bits per heavy atom. The van der Waals surface area contributed by atoms with Gasteiger partial charge in [-0.1, -0.05) is 30.0 Å². The first-order valence-electron chi connectivity index (χ1n) is 7.45. The highest BCUT2D eigenvalue weighted by Crippen LogP contribution is 2.27. The van der Waals surface area contributed by atoms with Gasteiger partial charge in [-0.3, -0.25) is 4.79 Å². The van der Waals surface area contributed by atoms with Crippen molar-refractivity contribution in [3.63, 3.8) is 0 Å². The van der Waals surface area contributed by atoms with E-state index in [9.17, 15) is 4.79 Å². The number of ether oxygens (including phenoxy) is 2. The fourth-order valence-corrected chi connectivity index (χ4v) is 3.71. The maximum Gasteiger partial charge on any atom is 0.316 e. The van der Waals surface area contributed by atoms with Gasteiger partial charge in [-0.25, -0.2) is 9.97 Å². The molecule has 24 heavy (non-hydrogen) atoms. The van der Waals surface area contributed by atoms with Crippen LogP contribution in [-0.2, 0) is 16.1 Å². The number of nitrogens with zero attached hydrogens (tertiary/aromatic N) is 2. The van der Waals surface area contributed by atoms with Crippen molar-refractivity contribution < 1.29 is 14.3 Å². The Labute approximate surface area is 148 Å². The number of hydrogen-bond acceptors (Lipinski definition) is 7. The van der Waals surface area contributed by atoms with Gasteiger partial charge in [0.25, 0.3) is 0 Å². The zero-order chi connectivity index (χ0) is 16.8. The third-order valence-electron chi connectivity index (χ3n) is 3.21. The summed E-state index contributed by atoms with van der Waals surface area (Å²) in [7, 11) is 0. The summed E-state index contributed by atoms with van der Waals surface area (Å²) in [5.41, 5.74) is 0.861. The van der Waals surface area contributed by atoms with Gasteiger partial charge in [0, 0.05) is 10.9 Å². The zero-order valence-electron chi connectivity index (χ0n) is 13.1. The van der Waals surface area contributed by atoms with Crippen molar-refractivity contribution in [2.45, 2.75) is 18.6 Å². The summed E-state index contributed by atoms with van der Waals surface area (Å²) in [5, 5.41) is 3.74. The van der Waals surface area contributed by atoms with Gasteiger partial charge in [0.2, 0.25) is 0 Å². The molecule has 0 N–H and O–H groups in total. The summed E-state index contributed by atoms with van der Waals surface area (Å²) in [6.45, 7) is 2.70. The first-order chi connectivity index (χ1) is 11.8. The van der Waals surface area contributed by atoms with Crippen LogP contribution < -0.4 is 4.74 Å². The van der Waals surface area contributed by atoms with Crippen LogP contribution in [0.2, 0.25) is 0 Å². The number of para-hydroxylation sites is 1. The van der Waals surface area contributed by atoms with Gasteiger partial charge in [0.05, 0.1) is 12.4 Å². The molecular weight excluding hydrogens is 344 g/mol. The summed E-state index contributed by atoms with van der Waals surface area (Å²) in [6.07, 6.45) is 1.52. The molecule has 0 aliphatic rings. The molecule has 1 aromatic carbocycles. The molecule has 0 amide bonds. The Morgan fingerprint density at radius 1 is 1.25 bits per heavy atom. The third kappa shape index (κ3) is 4.04. The van der Waals surface area contributed by atoms with Crippen LogP contribution in [0.3, 0.4) is 0 Å². The normalized spacial score (nSPS) is 10.7. The molecule has 2 heterocycles. The minimum Gasteiger partial charge on any atom is -0.493 e. The second-order valence-corrected chi connectivity index (χ2v) is 6.67. The lowest BCUT2D eigenvalue weighted by molar-refractivity contribution is -0.141. The monoisotopic (exact) mass is 360 g/mol. The second kappa shape index (κ2) is 8.12. The fourth-order valence-electron chi connectivity index (χ4n) is 2.13. The van der Waals surface area contributed by atoms with Gasteiger partial charge in [0.1, 0.15) is 28.5 Å². The summed E-state index contributed by atoms with van der Waals surface area (Å²) in [4.78, 5) is 21.4. The van der Waals surface area contributed by atoms with Crippen LogP contribution in [0.4, 0.5) is 0 Å². The van der Waals surface area contributed by atoms with Crippen LogP contribution in [0.15, 0.2) is 47.1 Å². The SMILES string of the molecule is CCOc1ccccc1COC(=O)CSc1ncnc2sccc12. The van der Waals surface area contributed by atoms with E-state index in [1.54, 1.807) is 11.3 Å². The molecule has 5 nitrogen and oxygen atoms in total. The van der Waals surface area contributed by atoms with E-state index in [0.717, 1.165) is 26.6 Å². The van der Waals surface area contributed by atoms with Gasteiger partial charge in [-0.2, -0.15) is 0 Å². The van der Waals surface area contributed by atoms with E-state index in [2.05, 4.69) is 9.97 Å². The highest BCUT2D eigenvalue weighted by atomic mass is 32.2. The summed E-state index contributed by atoms with van der Waals surface area (Å²) in [5.74, 6) is 0.670. The lowest BCUT2D eigenvalue weighted by atomic mass is 10.2. The van der Waals surface area contributed by atoms with E-state index >= 15 is 0 Å². The van der Waals surface area contributed by atoms with Crippen molar-refractivity contribution in [3.8, 4) is 5.75 Å². The number of carbonyl (C=O) groups excluding carboxylic acids is 1. The van der Waals surface area contributed by atoms with Crippen molar-refractivity contribution in [3.05, 3.63) is 47.6 Å². The lowest BCUT2D eigenvalue weighted by Gasteiger charge is -2.10. The average molecular weight is 360 g/mol. The molecule has 7 heteroatoms. The van der Waals surface area contributed by atoms with Crippen molar-refractivity contribution in [1.29, 1.82) is 0 Å². The van der Waals surface area contributed by atoms with E-state index < -0.39 is 0 Å². The van der Waals surface area contributed by atoms with Crippen LogP contribution in [0.25, 0.3) is 10.2 Å². The van der Waals surface area contributed by atoms with Gasteiger partial charge in [-0.05, 0) is 24.4 Å². The molecule has 3 rings (SSSR count). The average Bonchev–Trinajstić information content (AvgIpc) is 3.08. The highest BCUT2D eigenvalue weighted by molar-refractivity contribution is 8.00. The van der Waals surface area contributed by atoms with E-state index in [0.29, 0.717) is 6.61 Å². The largest absolute Gasteiger partial charge is 0.493 e. The topological polar surface area (TPSA) is 61.3 Å². The summed E-state index contributed by atoms with van der Waals surface area (Å²) in [6, 6.07) is 9.52. The quantitative estimate of drug-likeness (QED) is 0.361. The van der Waals surface area contributed by atoms with E-state index in [1.807, 2.05) is 42.6 Å². The fraction of sp³-hybridized carbons (Fsp3) is 0.235. The molecule has 2 aromatic heterocycles. The molecule has 0 bridgehead atoms. The molecule has 0 aliphatic heterocycles. The smallest absolute Gasteiger partial charge is 0.316 e. The van der Waals surface area contributed by atoms with E-state index in [-0.39, 0.29) is 18.3 Å². The molecule has 3 aromatic rings. The number of rotatable bonds is 7. The number of esters is 1. The minimum atomic E-state index is -0.284. The molecule has 124 valence electrons. The summed E-state index contributed by atoms with van der Waals surface area (Å²) < 4.78 is 10.9. The van der Waals surface area contributed by atoms with Crippen LogP contribution in [-0.4, -0.2) is 28.3 Å².